The lowest BCUT2D eigenvalue weighted by Crippen LogP contribution is -2.45. The number of hydrogen-bond donors (Lipinski definition) is 3. The largest absolute Gasteiger partial charge is 0.397 e. The zero-order chi connectivity index (χ0) is 10.8. The number of nitrogens with two attached hydrogens (primary N) is 1. The minimum Gasteiger partial charge on any atom is -0.397 e. The van der Waals surface area contributed by atoms with E-state index in [0.29, 0.717) is 25.2 Å². The van der Waals surface area contributed by atoms with E-state index in [1.54, 1.807) is 18.5 Å². The zero-order valence-electron chi connectivity index (χ0n) is 8.37. The molecule has 5 nitrogen and oxygen atoms in total. The smallest absolute Gasteiger partial charge is 0.0740 e. The van der Waals surface area contributed by atoms with Crippen molar-refractivity contribution in [3.05, 3.63) is 18.5 Å². The first kappa shape index (κ1) is 10.2. The quantitative estimate of drug-likeness (QED) is 0.586. The standard InChI is InChI=1S/C10H15N3O2/c11-7-1-8(4-12-3-7)13-5-9(14)2-10(15)6-13/h1,3-4,9-10,14-15H,2,5-6,11H2/t9-,10+. The Morgan fingerprint density at radius 1 is 1.27 bits per heavy atom. The van der Waals surface area contributed by atoms with E-state index >= 15 is 0 Å². The van der Waals surface area contributed by atoms with E-state index < -0.39 is 12.2 Å². The second kappa shape index (κ2) is 4.04. The minimum atomic E-state index is -0.491. The van der Waals surface area contributed by atoms with Crippen molar-refractivity contribution < 1.29 is 10.2 Å². The van der Waals surface area contributed by atoms with Crippen molar-refractivity contribution in [2.75, 3.05) is 23.7 Å². The van der Waals surface area contributed by atoms with Gasteiger partial charge in [-0.05, 0) is 6.07 Å². The average molecular weight is 209 g/mol. The third-order valence-electron chi connectivity index (χ3n) is 2.52. The normalized spacial score (nSPS) is 26.7. The Hall–Kier alpha value is -1.33. The molecule has 0 amide bonds. The van der Waals surface area contributed by atoms with Crippen LogP contribution in [0.5, 0.6) is 0 Å². The SMILES string of the molecule is Nc1cncc(N2C[C@H](O)C[C@H](O)C2)c1. The highest BCUT2D eigenvalue weighted by atomic mass is 16.3. The Morgan fingerprint density at radius 2 is 1.93 bits per heavy atom. The number of pyridine rings is 1. The first-order chi connectivity index (χ1) is 7.15. The Balaban J connectivity index is 2.16. The van der Waals surface area contributed by atoms with Gasteiger partial charge in [-0.25, -0.2) is 0 Å². The second-order valence-electron chi connectivity index (χ2n) is 3.92. The highest BCUT2D eigenvalue weighted by Crippen LogP contribution is 2.20. The third-order valence-corrected chi connectivity index (χ3v) is 2.52. The Bertz CT molecular complexity index is 335. The van der Waals surface area contributed by atoms with Gasteiger partial charge >= 0.3 is 0 Å². The van der Waals surface area contributed by atoms with Crippen LogP contribution in [-0.4, -0.2) is 40.5 Å². The number of hydrogen-bond acceptors (Lipinski definition) is 5. The summed E-state index contributed by atoms with van der Waals surface area (Å²) < 4.78 is 0. The molecule has 1 aromatic heterocycles. The van der Waals surface area contributed by atoms with Crippen molar-refractivity contribution in [2.24, 2.45) is 0 Å². The summed E-state index contributed by atoms with van der Waals surface area (Å²) in [5.74, 6) is 0. The van der Waals surface area contributed by atoms with Crippen molar-refractivity contribution in [1.82, 2.24) is 4.98 Å². The summed E-state index contributed by atoms with van der Waals surface area (Å²) in [7, 11) is 0. The molecule has 1 saturated heterocycles. The molecule has 2 atom stereocenters. The molecule has 82 valence electrons. The van der Waals surface area contributed by atoms with Crippen LogP contribution in [0.2, 0.25) is 0 Å². The highest BCUT2D eigenvalue weighted by molar-refractivity contribution is 5.53. The first-order valence-corrected chi connectivity index (χ1v) is 4.97. The molecule has 1 aliphatic rings. The molecule has 1 aliphatic heterocycles. The summed E-state index contributed by atoms with van der Waals surface area (Å²) in [6, 6.07) is 1.79. The van der Waals surface area contributed by atoms with Crippen molar-refractivity contribution in [3.63, 3.8) is 0 Å². The predicted octanol–water partition coefficient (Wildman–Crippen LogP) is -0.404. The maximum atomic E-state index is 9.53. The molecule has 0 radical (unpaired) electrons. The van der Waals surface area contributed by atoms with Crippen molar-refractivity contribution in [3.8, 4) is 0 Å². The molecule has 0 spiro atoms. The number of aromatic nitrogens is 1. The van der Waals surface area contributed by atoms with Gasteiger partial charge in [0.15, 0.2) is 0 Å². The van der Waals surface area contributed by atoms with E-state index in [-0.39, 0.29) is 0 Å². The molecule has 4 N–H and O–H groups in total. The number of anilines is 2. The van der Waals surface area contributed by atoms with Crippen LogP contribution < -0.4 is 10.6 Å². The molecule has 2 heterocycles. The molecular formula is C10H15N3O2. The molecule has 0 unspecified atom stereocenters. The van der Waals surface area contributed by atoms with Gasteiger partial charge in [-0.3, -0.25) is 4.98 Å². The van der Waals surface area contributed by atoms with Gasteiger partial charge in [0.2, 0.25) is 0 Å². The van der Waals surface area contributed by atoms with Gasteiger partial charge in [-0.15, -0.1) is 0 Å². The van der Waals surface area contributed by atoms with Crippen LogP contribution in [0.4, 0.5) is 11.4 Å². The number of nitrogen functional groups attached to an aromatic ring is 1. The molecule has 5 heteroatoms. The summed E-state index contributed by atoms with van der Waals surface area (Å²) in [4.78, 5) is 5.87. The summed E-state index contributed by atoms with van der Waals surface area (Å²) in [5.41, 5.74) is 7.05. The molecule has 1 fully saturated rings. The van der Waals surface area contributed by atoms with E-state index in [0.717, 1.165) is 5.69 Å². The van der Waals surface area contributed by atoms with Crippen LogP contribution in [0.15, 0.2) is 18.5 Å². The fourth-order valence-electron chi connectivity index (χ4n) is 1.88. The highest BCUT2D eigenvalue weighted by Gasteiger charge is 2.24. The van der Waals surface area contributed by atoms with Crippen LogP contribution >= 0.6 is 0 Å². The molecule has 0 saturated carbocycles. The van der Waals surface area contributed by atoms with Crippen LogP contribution in [0.1, 0.15) is 6.42 Å². The third kappa shape index (κ3) is 2.37. The van der Waals surface area contributed by atoms with Gasteiger partial charge in [0.05, 0.1) is 29.8 Å². The van der Waals surface area contributed by atoms with Crippen LogP contribution in [0, 0.1) is 0 Å². The van der Waals surface area contributed by atoms with Gasteiger partial charge in [0, 0.05) is 25.7 Å². The maximum absolute atomic E-state index is 9.53. The minimum absolute atomic E-state index is 0.437. The van der Waals surface area contributed by atoms with Crippen LogP contribution in [-0.2, 0) is 0 Å². The Labute approximate surface area is 88.2 Å². The fourth-order valence-corrected chi connectivity index (χ4v) is 1.88. The fraction of sp³-hybridized carbons (Fsp3) is 0.500. The zero-order valence-corrected chi connectivity index (χ0v) is 8.37. The molecule has 1 aromatic rings. The van der Waals surface area contributed by atoms with Gasteiger partial charge in [-0.2, -0.15) is 0 Å². The number of aliphatic hydroxyl groups excluding tert-OH is 2. The molecule has 0 aromatic carbocycles. The molecule has 15 heavy (non-hydrogen) atoms. The van der Waals surface area contributed by atoms with Crippen molar-refractivity contribution in [2.45, 2.75) is 18.6 Å². The van der Waals surface area contributed by atoms with E-state index in [9.17, 15) is 10.2 Å². The van der Waals surface area contributed by atoms with Crippen molar-refractivity contribution >= 4 is 11.4 Å². The predicted molar refractivity (Wildman–Crippen MR) is 57.5 cm³/mol. The van der Waals surface area contributed by atoms with Gasteiger partial charge in [0.25, 0.3) is 0 Å². The first-order valence-electron chi connectivity index (χ1n) is 4.97. The van der Waals surface area contributed by atoms with Crippen molar-refractivity contribution in [1.29, 1.82) is 0 Å². The lowest BCUT2D eigenvalue weighted by Gasteiger charge is -2.34. The number of rotatable bonds is 1. The average Bonchev–Trinajstić information content (AvgIpc) is 2.16. The summed E-state index contributed by atoms with van der Waals surface area (Å²) >= 11 is 0. The Kier molecular flexibility index (Phi) is 2.75. The van der Waals surface area contributed by atoms with E-state index in [1.807, 2.05) is 4.90 Å². The number of β-amino-alcohol motifs (C(OH)–C–C–N with tert-alkyl or cyclic N) is 2. The maximum Gasteiger partial charge on any atom is 0.0740 e. The van der Waals surface area contributed by atoms with E-state index in [4.69, 9.17) is 5.73 Å². The summed E-state index contributed by atoms with van der Waals surface area (Å²) in [5, 5.41) is 19.1. The van der Waals surface area contributed by atoms with E-state index in [1.165, 1.54) is 0 Å². The number of aliphatic hydroxyl groups is 2. The van der Waals surface area contributed by atoms with Gasteiger partial charge < -0.3 is 20.8 Å². The lowest BCUT2D eigenvalue weighted by atomic mass is 10.1. The Morgan fingerprint density at radius 3 is 2.53 bits per heavy atom. The number of piperidine rings is 1. The van der Waals surface area contributed by atoms with Gasteiger partial charge in [-0.1, -0.05) is 0 Å². The van der Waals surface area contributed by atoms with Crippen LogP contribution in [0.25, 0.3) is 0 Å². The molecule has 0 aliphatic carbocycles. The van der Waals surface area contributed by atoms with E-state index in [2.05, 4.69) is 4.98 Å². The molecule has 2 rings (SSSR count). The molecular weight excluding hydrogens is 194 g/mol. The number of nitrogens with zero attached hydrogens (tertiary/aromatic N) is 2. The lowest BCUT2D eigenvalue weighted by molar-refractivity contribution is 0.0651. The molecule has 0 bridgehead atoms. The monoisotopic (exact) mass is 209 g/mol. The topological polar surface area (TPSA) is 82.6 Å². The summed E-state index contributed by atoms with van der Waals surface area (Å²) in [6.07, 6.45) is 2.71. The van der Waals surface area contributed by atoms with Gasteiger partial charge in [0.1, 0.15) is 0 Å². The summed E-state index contributed by atoms with van der Waals surface area (Å²) in [6.45, 7) is 1.03. The second-order valence-corrected chi connectivity index (χ2v) is 3.92. The van der Waals surface area contributed by atoms with Crippen LogP contribution in [0.3, 0.4) is 0 Å².